The van der Waals surface area contributed by atoms with Crippen LogP contribution < -0.4 is 10.1 Å². The summed E-state index contributed by atoms with van der Waals surface area (Å²) in [5.41, 5.74) is 0.634. The molecule has 0 spiro atoms. The molecule has 0 bridgehead atoms. The first kappa shape index (κ1) is 23.2. The van der Waals surface area contributed by atoms with Gasteiger partial charge in [0.2, 0.25) is 15.9 Å². The fourth-order valence-electron chi connectivity index (χ4n) is 3.63. The van der Waals surface area contributed by atoms with E-state index in [0.29, 0.717) is 42.5 Å². The number of anilines is 1. The van der Waals surface area contributed by atoms with E-state index in [0.717, 1.165) is 0 Å². The Balaban J connectivity index is 1.29. The van der Waals surface area contributed by atoms with Crippen LogP contribution in [-0.4, -0.2) is 53.1 Å². The van der Waals surface area contributed by atoms with Crippen LogP contribution in [0.1, 0.15) is 12.8 Å². The molecule has 33 heavy (non-hydrogen) atoms. The number of benzene rings is 2. The Morgan fingerprint density at radius 1 is 1.15 bits per heavy atom. The van der Waals surface area contributed by atoms with E-state index in [1.54, 1.807) is 35.3 Å². The van der Waals surface area contributed by atoms with Gasteiger partial charge in [-0.3, -0.25) is 4.79 Å². The molecule has 4 rings (SSSR count). The molecular weight excluding hydrogens is 466 g/mol. The number of sulfonamides is 1. The van der Waals surface area contributed by atoms with Crippen molar-refractivity contribution in [2.24, 2.45) is 5.92 Å². The number of aromatic nitrogens is 3. The Morgan fingerprint density at radius 2 is 1.91 bits per heavy atom. The first-order valence-corrected chi connectivity index (χ1v) is 12.4. The Labute approximate surface area is 197 Å². The third-order valence-corrected chi connectivity index (χ3v) is 7.60. The van der Waals surface area contributed by atoms with Crippen LogP contribution in [0.25, 0.3) is 0 Å². The molecular formula is C22H24ClN5O4S. The topological polar surface area (TPSA) is 106 Å². The van der Waals surface area contributed by atoms with Crippen molar-refractivity contribution in [3.8, 4) is 5.75 Å². The molecule has 2 aromatic carbocycles. The Bertz CT molecular complexity index is 1180. The zero-order valence-corrected chi connectivity index (χ0v) is 19.4. The largest absolute Gasteiger partial charge is 0.492 e. The highest BCUT2D eigenvalue weighted by Crippen LogP contribution is 2.26. The van der Waals surface area contributed by atoms with Crippen molar-refractivity contribution in [3.05, 3.63) is 66.2 Å². The third-order valence-electron chi connectivity index (χ3n) is 5.43. The lowest BCUT2D eigenvalue weighted by molar-refractivity contribution is -0.120. The van der Waals surface area contributed by atoms with E-state index >= 15 is 0 Å². The molecule has 0 aliphatic carbocycles. The van der Waals surface area contributed by atoms with Gasteiger partial charge in [0.25, 0.3) is 0 Å². The number of carbonyl (C=O) groups excluding carboxylic acids is 1. The minimum absolute atomic E-state index is 0.127. The lowest BCUT2D eigenvalue weighted by Crippen LogP contribution is -2.41. The molecule has 11 heteroatoms. The fraction of sp³-hybridized carbons (Fsp3) is 0.318. The molecule has 1 amide bonds. The van der Waals surface area contributed by atoms with Gasteiger partial charge in [-0.1, -0.05) is 17.7 Å². The second kappa shape index (κ2) is 10.3. The molecule has 3 aromatic rings. The van der Waals surface area contributed by atoms with Gasteiger partial charge in [0.1, 0.15) is 25.0 Å². The van der Waals surface area contributed by atoms with Gasteiger partial charge < -0.3 is 10.1 Å². The molecule has 174 valence electrons. The predicted octanol–water partition coefficient (Wildman–Crippen LogP) is 3.05. The molecule has 0 unspecified atom stereocenters. The number of carbonyl (C=O) groups is 1. The highest BCUT2D eigenvalue weighted by molar-refractivity contribution is 7.89. The molecule has 9 nitrogen and oxygen atoms in total. The van der Waals surface area contributed by atoms with Gasteiger partial charge in [-0.2, -0.15) is 9.40 Å². The Kier molecular flexibility index (Phi) is 7.26. The van der Waals surface area contributed by atoms with Crippen molar-refractivity contribution in [1.82, 2.24) is 19.1 Å². The maximum absolute atomic E-state index is 12.8. The van der Waals surface area contributed by atoms with Crippen LogP contribution in [0.3, 0.4) is 0 Å². The fourth-order valence-corrected chi connectivity index (χ4v) is 5.22. The lowest BCUT2D eigenvalue weighted by atomic mass is 9.97. The average Bonchev–Trinajstić information content (AvgIpc) is 3.33. The van der Waals surface area contributed by atoms with Crippen molar-refractivity contribution in [1.29, 1.82) is 0 Å². The zero-order valence-electron chi connectivity index (χ0n) is 17.8. The number of ether oxygens (including phenoxy) is 1. The minimum atomic E-state index is -3.60. The summed E-state index contributed by atoms with van der Waals surface area (Å²) in [6.45, 7) is 1.55. The van der Waals surface area contributed by atoms with Gasteiger partial charge in [-0.25, -0.2) is 18.1 Å². The Morgan fingerprint density at radius 3 is 2.61 bits per heavy atom. The standard InChI is InChI=1S/C22H24ClN5O4S/c23-18-4-6-21(7-5-18)33(30,31)28-10-8-17(9-11-28)22(29)26-19-2-1-3-20(14-19)32-13-12-27-16-24-15-25-27/h1-7,14-17H,8-13H2,(H,26,29). The second-order valence-corrected chi connectivity index (χ2v) is 10.0. The molecule has 1 aliphatic rings. The average molecular weight is 490 g/mol. The van der Waals surface area contributed by atoms with Gasteiger partial charge >= 0.3 is 0 Å². The number of piperidine rings is 1. The molecule has 1 fully saturated rings. The number of nitrogens with one attached hydrogen (secondary N) is 1. The van der Waals surface area contributed by atoms with Gasteiger partial charge in [0.15, 0.2) is 0 Å². The van der Waals surface area contributed by atoms with Crippen LogP contribution in [0.2, 0.25) is 5.02 Å². The van der Waals surface area contributed by atoms with Gasteiger partial charge in [0, 0.05) is 35.8 Å². The Hall–Kier alpha value is -2.95. The second-order valence-electron chi connectivity index (χ2n) is 7.66. The first-order chi connectivity index (χ1) is 15.9. The summed E-state index contributed by atoms with van der Waals surface area (Å²) in [5.74, 6) is 0.244. The molecule has 0 saturated carbocycles. The third kappa shape index (κ3) is 5.89. The van der Waals surface area contributed by atoms with Crippen molar-refractivity contribution in [2.75, 3.05) is 25.0 Å². The predicted molar refractivity (Wildman–Crippen MR) is 124 cm³/mol. The quantitative estimate of drug-likeness (QED) is 0.521. The summed E-state index contributed by atoms with van der Waals surface area (Å²) < 4.78 is 34.5. The highest BCUT2D eigenvalue weighted by Gasteiger charge is 2.32. The van der Waals surface area contributed by atoms with Crippen LogP contribution in [0.4, 0.5) is 5.69 Å². The molecule has 1 aliphatic heterocycles. The highest BCUT2D eigenvalue weighted by atomic mass is 35.5. The first-order valence-electron chi connectivity index (χ1n) is 10.5. The number of hydrogen-bond acceptors (Lipinski definition) is 6. The van der Waals surface area contributed by atoms with E-state index in [-0.39, 0.29) is 29.8 Å². The van der Waals surface area contributed by atoms with Crippen molar-refractivity contribution in [3.63, 3.8) is 0 Å². The van der Waals surface area contributed by atoms with E-state index in [1.165, 1.54) is 22.8 Å². The summed E-state index contributed by atoms with van der Waals surface area (Å²) in [6, 6.07) is 13.3. The molecule has 1 aromatic heterocycles. The number of hydrogen-bond donors (Lipinski definition) is 1. The van der Waals surface area contributed by atoms with Crippen molar-refractivity contribution >= 4 is 33.2 Å². The van der Waals surface area contributed by atoms with Gasteiger partial charge in [-0.05, 0) is 49.2 Å². The van der Waals surface area contributed by atoms with Crippen LogP contribution in [-0.2, 0) is 21.4 Å². The van der Waals surface area contributed by atoms with Crippen LogP contribution in [0.5, 0.6) is 5.75 Å². The van der Waals surface area contributed by atoms with E-state index in [4.69, 9.17) is 16.3 Å². The van der Waals surface area contributed by atoms with E-state index in [9.17, 15) is 13.2 Å². The summed E-state index contributed by atoms with van der Waals surface area (Å²) in [7, 11) is -3.60. The molecule has 0 radical (unpaired) electrons. The summed E-state index contributed by atoms with van der Waals surface area (Å²) in [6.07, 6.45) is 3.99. The van der Waals surface area contributed by atoms with E-state index in [2.05, 4.69) is 15.4 Å². The van der Waals surface area contributed by atoms with Crippen LogP contribution in [0.15, 0.2) is 66.1 Å². The monoisotopic (exact) mass is 489 g/mol. The summed E-state index contributed by atoms with van der Waals surface area (Å²) in [4.78, 5) is 16.8. The van der Waals surface area contributed by atoms with E-state index in [1.807, 2.05) is 12.1 Å². The zero-order chi connectivity index (χ0) is 23.3. The van der Waals surface area contributed by atoms with Crippen LogP contribution in [0, 0.1) is 5.92 Å². The minimum Gasteiger partial charge on any atom is -0.492 e. The lowest BCUT2D eigenvalue weighted by Gasteiger charge is -2.30. The van der Waals surface area contributed by atoms with Crippen LogP contribution >= 0.6 is 11.6 Å². The molecule has 1 saturated heterocycles. The van der Waals surface area contributed by atoms with E-state index < -0.39 is 10.0 Å². The smallest absolute Gasteiger partial charge is 0.243 e. The number of amides is 1. The molecule has 1 N–H and O–H groups in total. The van der Waals surface area contributed by atoms with Gasteiger partial charge in [0.05, 0.1) is 11.4 Å². The normalized spacial score (nSPS) is 15.3. The number of rotatable bonds is 8. The SMILES string of the molecule is O=C(Nc1cccc(OCCn2cncn2)c1)C1CCN(S(=O)(=O)c2ccc(Cl)cc2)CC1. The van der Waals surface area contributed by atoms with Crippen molar-refractivity contribution < 1.29 is 17.9 Å². The summed E-state index contributed by atoms with van der Waals surface area (Å²) in [5, 5.41) is 7.42. The van der Waals surface area contributed by atoms with Crippen molar-refractivity contribution in [2.45, 2.75) is 24.3 Å². The van der Waals surface area contributed by atoms with Gasteiger partial charge in [-0.15, -0.1) is 0 Å². The maximum Gasteiger partial charge on any atom is 0.243 e. The molecule has 0 atom stereocenters. The summed E-state index contributed by atoms with van der Waals surface area (Å²) >= 11 is 5.86. The number of halogens is 1. The maximum atomic E-state index is 12.8. The molecule has 2 heterocycles. The number of nitrogens with zero attached hydrogens (tertiary/aromatic N) is 4.